The highest BCUT2D eigenvalue weighted by atomic mass is 32.1. The van der Waals surface area contributed by atoms with Crippen molar-refractivity contribution in [3.63, 3.8) is 0 Å². The summed E-state index contributed by atoms with van der Waals surface area (Å²) in [5.74, 6) is 0.589. The van der Waals surface area contributed by atoms with Gasteiger partial charge < -0.3 is 14.7 Å². The topological polar surface area (TPSA) is 92.5 Å². The summed E-state index contributed by atoms with van der Waals surface area (Å²) in [7, 11) is 0. The second kappa shape index (κ2) is 5.94. The van der Waals surface area contributed by atoms with Gasteiger partial charge >= 0.3 is 0 Å². The van der Waals surface area contributed by atoms with Crippen molar-refractivity contribution < 1.29 is 5.11 Å². The van der Waals surface area contributed by atoms with E-state index in [-0.39, 0.29) is 0 Å². The number of hydrogen-bond donors (Lipinski definition) is 2. The number of imidazole rings is 1. The van der Waals surface area contributed by atoms with Crippen LogP contribution in [-0.4, -0.2) is 34.6 Å². The molecule has 0 saturated carbocycles. The average molecular weight is 398 g/mol. The number of aromatic nitrogens is 6. The van der Waals surface area contributed by atoms with Crippen LogP contribution in [0.25, 0.3) is 39.2 Å². The van der Waals surface area contributed by atoms with E-state index in [1.807, 2.05) is 52.8 Å². The van der Waals surface area contributed by atoms with Crippen LogP contribution in [0.3, 0.4) is 0 Å². The Kier molecular flexibility index (Phi) is 3.35. The third-order valence-electron chi connectivity index (χ3n) is 5.13. The lowest BCUT2D eigenvalue weighted by atomic mass is 9.92. The number of aromatic amines is 1. The van der Waals surface area contributed by atoms with E-state index in [4.69, 9.17) is 4.98 Å². The first-order valence-corrected chi connectivity index (χ1v) is 9.90. The monoisotopic (exact) mass is 398 g/mol. The number of thiazole rings is 1. The minimum Gasteiger partial charge on any atom is -0.373 e. The van der Waals surface area contributed by atoms with Crippen LogP contribution in [0.15, 0.2) is 66.7 Å². The van der Waals surface area contributed by atoms with Crippen molar-refractivity contribution in [2.45, 2.75) is 5.60 Å². The highest BCUT2D eigenvalue weighted by molar-refractivity contribution is 7.13. The molecule has 2 N–H and O–H groups in total. The lowest BCUT2D eigenvalue weighted by molar-refractivity contribution is 0.129. The van der Waals surface area contributed by atoms with Gasteiger partial charge in [-0.05, 0) is 17.7 Å². The molecule has 1 aliphatic heterocycles. The fourth-order valence-corrected chi connectivity index (χ4v) is 4.52. The van der Waals surface area contributed by atoms with Crippen molar-refractivity contribution in [3.05, 3.63) is 78.1 Å². The van der Waals surface area contributed by atoms with Crippen molar-refractivity contribution in [1.82, 2.24) is 29.5 Å². The molecule has 0 aliphatic carbocycles. The van der Waals surface area contributed by atoms with Crippen molar-refractivity contribution in [3.8, 4) is 21.8 Å². The van der Waals surface area contributed by atoms with Crippen LogP contribution in [0.1, 0.15) is 11.4 Å². The average Bonchev–Trinajstić information content (AvgIpc) is 3.53. The molecule has 8 heteroatoms. The SMILES string of the molecule is O[C@]1(c2cccc(-c3csc(-c4c[nH]c5nccnc45)n3)c2)C=Cn2ccnc21. The molecule has 5 heterocycles. The second-order valence-electron chi connectivity index (χ2n) is 6.81. The maximum absolute atomic E-state index is 11.2. The molecule has 6 rings (SSSR count). The molecule has 0 radical (unpaired) electrons. The third-order valence-corrected chi connectivity index (χ3v) is 6.00. The van der Waals surface area contributed by atoms with E-state index < -0.39 is 5.60 Å². The normalized spacial score (nSPS) is 17.8. The molecule has 7 nitrogen and oxygen atoms in total. The zero-order valence-electron chi connectivity index (χ0n) is 15.0. The molecule has 0 unspecified atom stereocenters. The Morgan fingerprint density at radius 1 is 1.10 bits per heavy atom. The maximum Gasteiger partial charge on any atom is 0.168 e. The largest absolute Gasteiger partial charge is 0.373 e. The zero-order chi connectivity index (χ0) is 19.4. The van der Waals surface area contributed by atoms with Gasteiger partial charge in [0.25, 0.3) is 0 Å². The van der Waals surface area contributed by atoms with Gasteiger partial charge in [0, 0.05) is 48.1 Å². The van der Waals surface area contributed by atoms with Crippen molar-refractivity contribution >= 4 is 28.7 Å². The van der Waals surface area contributed by atoms with Gasteiger partial charge in [-0.2, -0.15) is 0 Å². The molecule has 1 atom stereocenters. The van der Waals surface area contributed by atoms with E-state index in [1.54, 1.807) is 36.0 Å². The molecule has 140 valence electrons. The number of aliphatic hydroxyl groups is 1. The number of H-pyrrole nitrogens is 1. The fraction of sp³-hybridized carbons (Fsp3) is 0.0476. The summed E-state index contributed by atoms with van der Waals surface area (Å²) in [4.78, 5) is 21.0. The van der Waals surface area contributed by atoms with Gasteiger partial charge in [0.1, 0.15) is 10.5 Å². The summed E-state index contributed by atoms with van der Waals surface area (Å²) in [6, 6.07) is 7.79. The maximum atomic E-state index is 11.2. The molecule has 1 aromatic carbocycles. The number of nitrogens with one attached hydrogen (secondary N) is 1. The number of rotatable bonds is 3. The summed E-state index contributed by atoms with van der Waals surface area (Å²) in [6.45, 7) is 0. The van der Waals surface area contributed by atoms with Crippen molar-refractivity contribution in [2.24, 2.45) is 0 Å². The summed E-state index contributed by atoms with van der Waals surface area (Å²) >= 11 is 1.55. The van der Waals surface area contributed by atoms with E-state index in [0.29, 0.717) is 5.82 Å². The van der Waals surface area contributed by atoms with E-state index in [1.165, 1.54) is 0 Å². The van der Waals surface area contributed by atoms with E-state index in [2.05, 4.69) is 19.9 Å². The van der Waals surface area contributed by atoms with Crippen LogP contribution in [0.2, 0.25) is 0 Å². The van der Waals surface area contributed by atoms with Gasteiger partial charge in [-0.15, -0.1) is 11.3 Å². The van der Waals surface area contributed by atoms with Gasteiger partial charge in [0.2, 0.25) is 0 Å². The summed E-state index contributed by atoms with van der Waals surface area (Å²) in [5.41, 5.74) is 3.77. The molecule has 5 aromatic rings. The Morgan fingerprint density at radius 2 is 2.03 bits per heavy atom. The quantitative estimate of drug-likeness (QED) is 0.484. The van der Waals surface area contributed by atoms with Crippen molar-refractivity contribution in [2.75, 3.05) is 0 Å². The first-order valence-electron chi connectivity index (χ1n) is 9.02. The lowest BCUT2D eigenvalue weighted by Gasteiger charge is -2.20. The Morgan fingerprint density at radius 3 is 3.00 bits per heavy atom. The fourth-order valence-electron chi connectivity index (χ4n) is 3.67. The van der Waals surface area contributed by atoms with Crippen LogP contribution in [-0.2, 0) is 5.60 Å². The third kappa shape index (κ3) is 2.40. The molecule has 0 saturated heterocycles. The minimum atomic E-state index is -1.25. The van der Waals surface area contributed by atoms with Gasteiger partial charge in [0.15, 0.2) is 17.1 Å². The van der Waals surface area contributed by atoms with E-state index in [0.717, 1.165) is 38.6 Å². The number of benzene rings is 1. The van der Waals surface area contributed by atoms with Crippen molar-refractivity contribution in [1.29, 1.82) is 0 Å². The van der Waals surface area contributed by atoms with Gasteiger partial charge in [-0.25, -0.2) is 15.0 Å². The van der Waals surface area contributed by atoms with Gasteiger partial charge in [-0.1, -0.05) is 18.2 Å². The van der Waals surface area contributed by atoms with Crippen LogP contribution in [0.5, 0.6) is 0 Å². The summed E-state index contributed by atoms with van der Waals surface area (Å²) in [6.07, 6.45) is 12.3. The Bertz CT molecular complexity index is 1400. The molecule has 1 aliphatic rings. The lowest BCUT2D eigenvalue weighted by Crippen LogP contribution is -2.24. The first-order chi connectivity index (χ1) is 14.2. The predicted octanol–water partition coefficient (Wildman–Crippen LogP) is 3.67. The molecule has 0 bridgehead atoms. The van der Waals surface area contributed by atoms with E-state index >= 15 is 0 Å². The van der Waals surface area contributed by atoms with Crippen LogP contribution in [0.4, 0.5) is 0 Å². The highest BCUT2D eigenvalue weighted by Gasteiger charge is 2.36. The van der Waals surface area contributed by atoms with Crippen LogP contribution in [0, 0.1) is 0 Å². The molecule has 0 spiro atoms. The number of hydrogen-bond acceptors (Lipinski definition) is 6. The number of fused-ring (bicyclic) bond motifs is 2. The highest BCUT2D eigenvalue weighted by Crippen LogP contribution is 2.37. The molecular formula is C21H14N6OS. The first kappa shape index (κ1) is 16.3. The zero-order valence-corrected chi connectivity index (χ0v) is 15.8. The van der Waals surface area contributed by atoms with Crippen LogP contribution < -0.4 is 0 Å². The Labute approximate surface area is 169 Å². The second-order valence-corrected chi connectivity index (χ2v) is 7.67. The Hall–Kier alpha value is -3.62. The summed E-state index contributed by atoms with van der Waals surface area (Å²) in [5, 5.41) is 14.1. The summed E-state index contributed by atoms with van der Waals surface area (Å²) < 4.78 is 1.83. The predicted molar refractivity (Wildman–Crippen MR) is 111 cm³/mol. The molecule has 29 heavy (non-hydrogen) atoms. The molecule has 0 fully saturated rings. The van der Waals surface area contributed by atoms with Crippen LogP contribution >= 0.6 is 11.3 Å². The molecule has 4 aromatic heterocycles. The minimum absolute atomic E-state index is 0.589. The molecule has 0 amide bonds. The number of nitrogens with zero attached hydrogens (tertiary/aromatic N) is 5. The smallest absolute Gasteiger partial charge is 0.168 e. The standard InChI is InChI=1S/C21H14N6OS/c28-21(4-8-27-9-7-24-20(21)27)14-3-1-2-13(10-14)16-12-29-19(26-16)15-11-25-18-17(15)22-5-6-23-18/h1-12,28H,(H,23,25)/t21-/m0/s1. The van der Waals surface area contributed by atoms with Gasteiger partial charge in [0.05, 0.1) is 11.3 Å². The van der Waals surface area contributed by atoms with E-state index in [9.17, 15) is 5.11 Å². The molecular weight excluding hydrogens is 384 g/mol. The van der Waals surface area contributed by atoms with Gasteiger partial charge in [-0.3, -0.25) is 4.98 Å². The Balaban J connectivity index is 1.41.